The zero-order chi connectivity index (χ0) is 15.3. The lowest BCUT2D eigenvalue weighted by molar-refractivity contribution is 0.340. The van der Waals surface area contributed by atoms with Gasteiger partial charge in [-0.15, -0.1) is 11.3 Å². The van der Waals surface area contributed by atoms with Crippen LogP contribution in [0.25, 0.3) is 0 Å². The number of benzene rings is 1. The number of ether oxygens (including phenoxy) is 1. The first kappa shape index (κ1) is 15.7. The molecule has 6 nitrogen and oxygen atoms in total. The van der Waals surface area contributed by atoms with E-state index in [1.807, 2.05) is 12.3 Å². The highest BCUT2D eigenvalue weighted by atomic mass is 32.2. The Morgan fingerprint density at radius 3 is 2.67 bits per heavy atom. The summed E-state index contributed by atoms with van der Waals surface area (Å²) in [6.07, 6.45) is 0. The summed E-state index contributed by atoms with van der Waals surface area (Å²) < 4.78 is 31.5. The molecule has 21 heavy (non-hydrogen) atoms. The molecule has 3 N–H and O–H groups in total. The Kier molecular flexibility index (Phi) is 5.16. The first-order valence-electron chi connectivity index (χ1n) is 6.31. The van der Waals surface area contributed by atoms with Crippen LogP contribution < -0.4 is 15.2 Å². The highest BCUT2D eigenvalue weighted by molar-refractivity contribution is 7.89. The standard InChI is InChI=1S/C13H17N3O3S2/c1-10-9-20-13(16-10)8-15-21(17,18)7-6-19-12-4-2-11(14)3-5-12/h2-5,9,15H,6-8,14H2,1H3. The minimum absolute atomic E-state index is 0.0795. The second-order valence-corrected chi connectivity index (χ2v) is 7.31. The Labute approximate surface area is 128 Å². The number of nitrogens with two attached hydrogens (primary N) is 1. The van der Waals surface area contributed by atoms with Gasteiger partial charge >= 0.3 is 0 Å². The number of anilines is 1. The number of hydrogen-bond donors (Lipinski definition) is 2. The Bertz CT molecular complexity index is 681. The summed E-state index contributed by atoms with van der Waals surface area (Å²) in [6.45, 7) is 2.16. The van der Waals surface area contributed by atoms with Gasteiger partial charge in [0.15, 0.2) is 0 Å². The average Bonchev–Trinajstić information content (AvgIpc) is 2.85. The third kappa shape index (κ3) is 5.33. The number of aryl methyl sites for hydroxylation is 1. The number of thiazole rings is 1. The maximum absolute atomic E-state index is 11.8. The molecule has 0 aliphatic rings. The fraction of sp³-hybridized carbons (Fsp3) is 0.308. The Hall–Kier alpha value is -1.64. The average molecular weight is 327 g/mol. The van der Waals surface area contributed by atoms with Crippen molar-refractivity contribution in [2.75, 3.05) is 18.1 Å². The maximum atomic E-state index is 11.8. The number of sulfonamides is 1. The minimum atomic E-state index is -3.38. The lowest BCUT2D eigenvalue weighted by Crippen LogP contribution is -2.28. The quantitative estimate of drug-likeness (QED) is 0.752. The first-order valence-corrected chi connectivity index (χ1v) is 8.84. The van der Waals surface area contributed by atoms with E-state index < -0.39 is 10.0 Å². The van der Waals surface area contributed by atoms with Crippen LogP contribution in [0.4, 0.5) is 5.69 Å². The SMILES string of the molecule is Cc1csc(CNS(=O)(=O)CCOc2ccc(N)cc2)n1. The van der Waals surface area contributed by atoms with Gasteiger partial charge in [-0.25, -0.2) is 18.1 Å². The summed E-state index contributed by atoms with van der Waals surface area (Å²) in [5.74, 6) is 0.483. The molecular formula is C13H17N3O3S2. The Balaban J connectivity index is 1.77. The largest absolute Gasteiger partial charge is 0.492 e. The lowest BCUT2D eigenvalue weighted by Gasteiger charge is -2.08. The van der Waals surface area contributed by atoms with E-state index in [4.69, 9.17) is 10.5 Å². The molecule has 0 atom stereocenters. The molecule has 2 rings (SSSR count). The monoisotopic (exact) mass is 327 g/mol. The van der Waals surface area contributed by atoms with Crippen molar-refractivity contribution < 1.29 is 13.2 Å². The van der Waals surface area contributed by atoms with Crippen molar-refractivity contribution in [3.05, 3.63) is 40.3 Å². The maximum Gasteiger partial charge on any atom is 0.215 e. The number of hydrogen-bond acceptors (Lipinski definition) is 6. The van der Waals surface area contributed by atoms with E-state index in [-0.39, 0.29) is 18.9 Å². The van der Waals surface area contributed by atoms with E-state index in [1.54, 1.807) is 24.3 Å². The number of rotatable bonds is 7. The number of aromatic nitrogens is 1. The zero-order valence-electron chi connectivity index (χ0n) is 11.6. The van der Waals surface area contributed by atoms with Crippen LogP contribution in [0.15, 0.2) is 29.6 Å². The van der Waals surface area contributed by atoms with Crippen molar-refractivity contribution in [2.45, 2.75) is 13.5 Å². The summed E-state index contributed by atoms with van der Waals surface area (Å²) >= 11 is 1.43. The van der Waals surface area contributed by atoms with Crippen molar-refractivity contribution in [1.29, 1.82) is 0 Å². The minimum Gasteiger partial charge on any atom is -0.492 e. The van der Waals surface area contributed by atoms with Crippen LogP contribution in [0.1, 0.15) is 10.7 Å². The molecule has 0 radical (unpaired) electrons. The smallest absolute Gasteiger partial charge is 0.215 e. The van der Waals surface area contributed by atoms with E-state index in [2.05, 4.69) is 9.71 Å². The number of nitrogens with one attached hydrogen (secondary N) is 1. The zero-order valence-corrected chi connectivity index (χ0v) is 13.2. The number of nitrogen functional groups attached to an aromatic ring is 1. The van der Waals surface area contributed by atoms with Crippen LogP contribution in [0.2, 0.25) is 0 Å². The van der Waals surface area contributed by atoms with Crippen LogP contribution >= 0.6 is 11.3 Å². The van der Waals surface area contributed by atoms with Crippen molar-refractivity contribution in [2.24, 2.45) is 0 Å². The fourth-order valence-corrected chi connectivity index (χ4v) is 3.17. The van der Waals surface area contributed by atoms with Gasteiger partial charge in [0.25, 0.3) is 0 Å². The lowest BCUT2D eigenvalue weighted by atomic mass is 10.3. The molecule has 8 heteroatoms. The topological polar surface area (TPSA) is 94.3 Å². The van der Waals surface area contributed by atoms with Crippen LogP contribution in [0.5, 0.6) is 5.75 Å². The van der Waals surface area contributed by atoms with Gasteiger partial charge < -0.3 is 10.5 Å². The van der Waals surface area contributed by atoms with E-state index in [1.165, 1.54) is 11.3 Å². The van der Waals surface area contributed by atoms with Crippen LogP contribution in [-0.2, 0) is 16.6 Å². The summed E-state index contributed by atoms with van der Waals surface area (Å²) in [4.78, 5) is 4.20. The second kappa shape index (κ2) is 6.88. The van der Waals surface area contributed by atoms with Crippen LogP contribution in [0, 0.1) is 6.92 Å². The third-order valence-electron chi connectivity index (χ3n) is 2.61. The van der Waals surface area contributed by atoms with Gasteiger partial charge in [0.2, 0.25) is 10.0 Å². The number of nitrogens with zero attached hydrogens (tertiary/aromatic N) is 1. The molecule has 0 saturated heterocycles. The molecule has 0 aliphatic heterocycles. The predicted molar refractivity (Wildman–Crippen MR) is 83.8 cm³/mol. The second-order valence-electron chi connectivity index (χ2n) is 4.44. The van der Waals surface area contributed by atoms with Crippen LogP contribution in [-0.4, -0.2) is 25.8 Å². The Morgan fingerprint density at radius 2 is 2.05 bits per heavy atom. The van der Waals surface area contributed by atoms with E-state index in [0.29, 0.717) is 11.4 Å². The van der Waals surface area contributed by atoms with Gasteiger partial charge in [-0.2, -0.15) is 0 Å². The molecule has 0 aliphatic carbocycles. The normalized spacial score (nSPS) is 11.5. The van der Waals surface area contributed by atoms with Crippen molar-refractivity contribution in [3.8, 4) is 5.75 Å². The molecule has 1 aromatic carbocycles. The molecule has 1 aromatic heterocycles. The molecule has 0 saturated carbocycles. The molecule has 114 valence electrons. The molecule has 0 unspecified atom stereocenters. The first-order chi connectivity index (χ1) is 9.94. The molecule has 0 bridgehead atoms. The van der Waals surface area contributed by atoms with Crippen LogP contribution in [0.3, 0.4) is 0 Å². The fourth-order valence-electron chi connectivity index (χ4n) is 1.56. The van der Waals surface area contributed by atoms with Gasteiger partial charge in [-0.05, 0) is 31.2 Å². The molecule has 0 fully saturated rings. The van der Waals surface area contributed by atoms with Gasteiger partial charge in [0, 0.05) is 16.8 Å². The van der Waals surface area contributed by atoms with E-state index in [0.717, 1.165) is 10.7 Å². The van der Waals surface area contributed by atoms with Crippen molar-refractivity contribution in [1.82, 2.24) is 9.71 Å². The van der Waals surface area contributed by atoms with Crippen molar-refractivity contribution >= 4 is 27.0 Å². The highest BCUT2D eigenvalue weighted by Crippen LogP contribution is 2.13. The summed E-state index contributed by atoms with van der Waals surface area (Å²) in [7, 11) is -3.38. The molecule has 2 aromatic rings. The third-order valence-corrected chi connectivity index (χ3v) is 4.87. The van der Waals surface area contributed by atoms with Gasteiger partial charge in [-0.1, -0.05) is 0 Å². The summed E-state index contributed by atoms with van der Waals surface area (Å²) in [5.41, 5.74) is 7.08. The van der Waals surface area contributed by atoms with Crippen molar-refractivity contribution in [3.63, 3.8) is 0 Å². The van der Waals surface area contributed by atoms with E-state index >= 15 is 0 Å². The van der Waals surface area contributed by atoms with Gasteiger partial charge in [0.05, 0.1) is 12.3 Å². The summed E-state index contributed by atoms with van der Waals surface area (Å²) in [6, 6.07) is 6.81. The van der Waals surface area contributed by atoms with Gasteiger partial charge in [-0.3, -0.25) is 0 Å². The molecule has 0 spiro atoms. The van der Waals surface area contributed by atoms with Gasteiger partial charge in [0.1, 0.15) is 17.4 Å². The predicted octanol–water partition coefficient (Wildman–Crippen LogP) is 1.53. The molecular weight excluding hydrogens is 310 g/mol. The molecule has 1 heterocycles. The summed E-state index contributed by atoms with van der Waals surface area (Å²) in [5, 5.41) is 2.63. The highest BCUT2D eigenvalue weighted by Gasteiger charge is 2.11. The van der Waals surface area contributed by atoms with E-state index in [9.17, 15) is 8.42 Å². The Morgan fingerprint density at radius 1 is 1.33 bits per heavy atom. The molecule has 0 amide bonds.